The molecule has 2 fully saturated rings. The van der Waals surface area contributed by atoms with Gasteiger partial charge in [0.1, 0.15) is 23.1 Å². The van der Waals surface area contributed by atoms with Crippen molar-refractivity contribution in [2.75, 3.05) is 50.0 Å². The highest BCUT2D eigenvalue weighted by Crippen LogP contribution is 2.37. The fourth-order valence-electron chi connectivity index (χ4n) is 5.77. The first-order valence-electron chi connectivity index (χ1n) is 13.8. The minimum atomic E-state index is -0.464. The van der Waals surface area contributed by atoms with Crippen LogP contribution in [0.2, 0.25) is 0 Å². The van der Waals surface area contributed by atoms with E-state index in [1.54, 1.807) is 23.0 Å². The number of carbonyl (C=O) groups excluding carboxylic acids is 1. The molecule has 2 aliphatic rings. The molecular formula is C30H33F2N7O. The molecule has 0 radical (unpaired) electrons. The summed E-state index contributed by atoms with van der Waals surface area (Å²) in [5, 5.41) is 7.28. The quantitative estimate of drug-likeness (QED) is 0.372. The lowest BCUT2D eigenvalue weighted by Gasteiger charge is -2.36. The van der Waals surface area contributed by atoms with Crippen LogP contribution < -0.4 is 10.2 Å². The van der Waals surface area contributed by atoms with E-state index in [1.807, 2.05) is 29.2 Å². The number of benzene rings is 2. The maximum absolute atomic E-state index is 14.6. The summed E-state index contributed by atoms with van der Waals surface area (Å²) in [5.74, 6) is -0.520. The number of rotatable bonds is 6. The molecule has 2 saturated heterocycles. The van der Waals surface area contributed by atoms with Crippen LogP contribution in [0.3, 0.4) is 0 Å². The number of fused-ring (bicyclic) bond motifs is 1. The van der Waals surface area contributed by atoms with E-state index in [4.69, 9.17) is 4.98 Å². The smallest absolute Gasteiger partial charge is 0.255 e. The second-order valence-corrected chi connectivity index (χ2v) is 10.7. The standard InChI is InChI=1S/C30H33F2N7O/c1-20(37-16-14-36(2)15-17-37)21-5-7-22(8-6-21)30(40)34-26-19-33-39-13-11-28(35-29(26)39)38-12-3-4-27(38)24-18-23(31)9-10-25(24)32/h5-11,13,18-20,27H,3-4,12,14-17H2,1-2H3,(H,34,40)/t20-,27?/m0/s1. The molecule has 8 nitrogen and oxygen atoms in total. The van der Waals surface area contributed by atoms with Gasteiger partial charge in [-0.3, -0.25) is 9.69 Å². The zero-order chi connectivity index (χ0) is 27.8. The molecule has 1 amide bonds. The summed E-state index contributed by atoms with van der Waals surface area (Å²) < 4.78 is 30.1. The number of nitrogens with one attached hydrogen (secondary N) is 1. The molecule has 0 spiro atoms. The van der Waals surface area contributed by atoms with Gasteiger partial charge in [-0.25, -0.2) is 18.3 Å². The van der Waals surface area contributed by atoms with Crippen LogP contribution >= 0.6 is 0 Å². The Morgan fingerprint density at radius 2 is 1.80 bits per heavy atom. The van der Waals surface area contributed by atoms with Crippen LogP contribution in [0.25, 0.3) is 5.65 Å². The van der Waals surface area contributed by atoms with Crippen molar-refractivity contribution < 1.29 is 13.6 Å². The number of piperazine rings is 1. The molecule has 0 aliphatic carbocycles. The van der Waals surface area contributed by atoms with Gasteiger partial charge in [-0.05, 0) is 68.8 Å². The molecule has 2 aromatic carbocycles. The lowest BCUT2D eigenvalue weighted by atomic mass is 10.0. The maximum Gasteiger partial charge on any atom is 0.255 e. The molecule has 1 N–H and O–H groups in total. The first kappa shape index (κ1) is 26.3. The Morgan fingerprint density at radius 3 is 2.58 bits per heavy atom. The molecule has 2 aliphatic heterocycles. The predicted octanol–water partition coefficient (Wildman–Crippen LogP) is 4.91. The molecular weight excluding hydrogens is 512 g/mol. The maximum atomic E-state index is 14.6. The van der Waals surface area contributed by atoms with Crippen molar-refractivity contribution >= 4 is 23.1 Å². The summed E-state index contributed by atoms with van der Waals surface area (Å²) in [6.07, 6.45) is 4.86. The van der Waals surface area contributed by atoms with Gasteiger partial charge in [0.15, 0.2) is 5.65 Å². The van der Waals surface area contributed by atoms with E-state index in [9.17, 15) is 13.6 Å². The third-order valence-corrected chi connectivity index (χ3v) is 8.21. The zero-order valence-corrected chi connectivity index (χ0v) is 22.7. The van der Waals surface area contributed by atoms with Gasteiger partial charge < -0.3 is 15.1 Å². The minimum Gasteiger partial charge on any atom is -0.349 e. The summed E-state index contributed by atoms with van der Waals surface area (Å²) in [4.78, 5) is 24.7. The third kappa shape index (κ3) is 5.16. The Bertz CT molecular complexity index is 1510. The van der Waals surface area contributed by atoms with Crippen molar-refractivity contribution in [3.63, 3.8) is 0 Å². The lowest BCUT2D eigenvalue weighted by molar-refractivity contribution is 0.102. The van der Waals surface area contributed by atoms with Crippen LogP contribution in [0.5, 0.6) is 0 Å². The first-order valence-corrected chi connectivity index (χ1v) is 13.8. The average molecular weight is 546 g/mol. The van der Waals surface area contributed by atoms with Crippen molar-refractivity contribution in [2.45, 2.75) is 31.8 Å². The van der Waals surface area contributed by atoms with Gasteiger partial charge >= 0.3 is 0 Å². The van der Waals surface area contributed by atoms with Crippen molar-refractivity contribution in [3.8, 4) is 0 Å². The summed E-state index contributed by atoms with van der Waals surface area (Å²) in [6.45, 7) is 7.04. The second kappa shape index (κ2) is 10.9. The highest BCUT2D eigenvalue weighted by atomic mass is 19.1. The third-order valence-electron chi connectivity index (χ3n) is 8.21. The largest absolute Gasteiger partial charge is 0.349 e. The van der Waals surface area contributed by atoms with E-state index in [1.165, 1.54) is 17.7 Å². The fraction of sp³-hybridized carbons (Fsp3) is 0.367. The fourth-order valence-corrected chi connectivity index (χ4v) is 5.77. The van der Waals surface area contributed by atoms with Gasteiger partial charge in [0.2, 0.25) is 0 Å². The first-order chi connectivity index (χ1) is 19.4. The van der Waals surface area contributed by atoms with Crippen LogP contribution in [0.1, 0.15) is 53.3 Å². The molecule has 1 unspecified atom stereocenters. The number of likely N-dealkylation sites (N-methyl/N-ethyl adjacent to an activating group) is 1. The van der Waals surface area contributed by atoms with E-state index in [-0.39, 0.29) is 18.0 Å². The average Bonchev–Trinajstić information content (AvgIpc) is 3.62. The van der Waals surface area contributed by atoms with Crippen molar-refractivity contribution in [3.05, 3.63) is 89.2 Å². The molecule has 0 bridgehead atoms. The van der Waals surface area contributed by atoms with Gasteiger partial charge in [0.25, 0.3) is 5.91 Å². The van der Waals surface area contributed by atoms with Crippen molar-refractivity contribution in [2.24, 2.45) is 0 Å². The van der Waals surface area contributed by atoms with E-state index in [2.05, 4.69) is 34.2 Å². The predicted molar refractivity (Wildman–Crippen MR) is 151 cm³/mol. The lowest BCUT2D eigenvalue weighted by Crippen LogP contribution is -2.45. The van der Waals surface area contributed by atoms with Crippen LogP contribution in [-0.2, 0) is 0 Å². The van der Waals surface area contributed by atoms with Crippen LogP contribution in [-0.4, -0.2) is 70.1 Å². The van der Waals surface area contributed by atoms with Gasteiger partial charge in [0, 0.05) is 56.1 Å². The number of hydrogen-bond acceptors (Lipinski definition) is 6. The van der Waals surface area contributed by atoms with Gasteiger partial charge in [-0.2, -0.15) is 5.10 Å². The van der Waals surface area contributed by atoms with E-state index in [0.717, 1.165) is 38.7 Å². The Kier molecular flexibility index (Phi) is 7.20. The molecule has 2 atom stereocenters. The normalized spacial score (nSPS) is 19.3. The summed E-state index contributed by atoms with van der Waals surface area (Å²) in [5.41, 5.74) is 3.02. The van der Waals surface area contributed by atoms with Crippen molar-refractivity contribution in [1.82, 2.24) is 24.4 Å². The number of anilines is 2. The summed E-state index contributed by atoms with van der Waals surface area (Å²) in [6, 6.07) is 13.1. The Hall–Kier alpha value is -3.89. The molecule has 10 heteroatoms. The van der Waals surface area contributed by atoms with Gasteiger partial charge in [0.05, 0.1) is 12.2 Å². The number of halogens is 2. The summed E-state index contributed by atoms with van der Waals surface area (Å²) in [7, 11) is 2.15. The molecule has 208 valence electrons. The molecule has 6 rings (SSSR count). The van der Waals surface area contributed by atoms with Crippen molar-refractivity contribution in [1.29, 1.82) is 0 Å². The number of amides is 1. The van der Waals surface area contributed by atoms with Crippen LogP contribution in [0.15, 0.2) is 60.9 Å². The molecule has 4 heterocycles. The SMILES string of the molecule is C[C@@H](c1ccc(C(=O)Nc2cnn3ccc(N4CCCC4c4cc(F)ccc4F)nc23)cc1)N1CCN(C)CC1. The van der Waals surface area contributed by atoms with E-state index in [0.29, 0.717) is 41.2 Å². The monoisotopic (exact) mass is 545 g/mol. The number of nitrogens with zero attached hydrogens (tertiary/aromatic N) is 6. The van der Waals surface area contributed by atoms with Gasteiger partial charge in [-0.15, -0.1) is 0 Å². The number of hydrogen-bond donors (Lipinski definition) is 1. The molecule has 4 aromatic rings. The Morgan fingerprint density at radius 1 is 1.02 bits per heavy atom. The number of aromatic nitrogens is 3. The molecule has 40 heavy (non-hydrogen) atoms. The highest BCUT2D eigenvalue weighted by Gasteiger charge is 2.30. The molecule has 2 aromatic heterocycles. The Balaban J connectivity index is 1.19. The minimum absolute atomic E-state index is 0.248. The second-order valence-electron chi connectivity index (χ2n) is 10.7. The Labute approximate surface area is 232 Å². The number of carbonyl (C=O) groups is 1. The summed E-state index contributed by atoms with van der Waals surface area (Å²) >= 11 is 0. The van der Waals surface area contributed by atoms with E-state index < -0.39 is 11.6 Å². The topological polar surface area (TPSA) is 69.0 Å². The zero-order valence-electron chi connectivity index (χ0n) is 22.7. The highest BCUT2D eigenvalue weighted by molar-refractivity contribution is 6.06. The van der Waals surface area contributed by atoms with Crippen LogP contribution in [0.4, 0.5) is 20.3 Å². The van der Waals surface area contributed by atoms with Crippen LogP contribution in [0, 0.1) is 11.6 Å². The van der Waals surface area contributed by atoms with E-state index >= 15 is 0 Å². The van der Waals surface area contributed by atoms with Gasteiger partial charge in [-0.1, -0.05) is 12.1 Å². The molecule has 0 saturated carbocycles.